The van der Waals surface area contributed by atoms with Gasteiger partial charge in [0.15, 0.2) is 0 Å². The first-order chi connectivity index (χ1) is 23.6. The minimum absolute atomic E-state index is 0.0139. The van der Waals surface area contributed by atoms with Gasteiger partial charge in [0, 0.05) is 31.6 Å². The van der Waals surface area contributed by atoms with E-state index in [-0.39, 0.29) is 11.9 Å². The van der Waals surface area contributed by atoms with Gasteiger partial charge < -0.3 is 14.2 Å². The quantitative estimate of drug-likeness (QED) is 0.134. The molecule has 0 radical (unpaired) electrons. The molecule has 0 spiro atoms. The Kier molecular flexibility index (Phi) is 11.3. The molecule has 0 fully saturated rings. The first kappa shape index (κ1) is 33.2. The van der Waals surface area contributed by atoms with E-state index in [0.29, 0.717) is 49.8 Å². The second kappa shape index (κ2) is 16.4. The number of nitrogens with zero attached hydrogens (tertiary/aromatic N) is 6. The van der Waals surface area contributed by atoms with E-state index in [0.717, 1.165) is 48.3 Å². The van der Waals surface area contributed by atoms with Gasteiger partial charge in [-0.05, 0) is 60.9 Å². The van der Waals surface area contributed by atoms with E-state index in [1.54, 1.807) is 0 Å². The number of aromatic nitrogens is 4. The van der Waals surface area contributed by atoms with Crippen molar-refractivity contribution in [2.75, 3.05) is 11.4 Å². The normalized spacial score (nSPS) is 15.3. The smallest absolute Gasteiger partial charge is 0.254 e. The summed E-state index contributed by atoms with van der Waals surface area (Å²) in [6.07, 6.45) is 11.0. The van der Waals surface area contributed by atoms with Crippen molar-refractivity contribution in [1.82, 2.24) is 24.9 Å². The maximum absolute atomic E-state index is 14.3. The van der Waals surface area contributed by atoms with Gasteiger partial charge in [0.05, 0.1) is 12.7 Å². The van der Waals surface area contributed by atoms with Crippen molar-refractivity contribution in [2.45, 2.75) is 97.3 Å². The second-order valence-electron chi connectivity index (χ2n) is 12.9. The van der Waals surface area contributed by atoms with Crippen LogP contribution in [0.4, 0.5) is 5.88 Å². The lowest BCUT2D eigenvalue weighted by Crippen LogP contribution is -2.36. The highest BCUT2D eigenvalue weighted by Crippen LogP contribution is 2.34. The van der Waals surface area contributed by atoms with Crippen molar-refractivity contribution in [3.63, 3.8) is 0 Å². The van der Waals surface area contributed by atoms with Gasteiger partial charge in [0.2, 0.25) is 11.8 Å². The highest BCUT2D eigenvalue weighted by Gasteiger charge is 2.31. The Hall–Kier alpha value is -4.72. The third-order valence-electron chi connectivity index (χ3n) is 9.22. The van der Waals surface area contributed by atoms with Crippen LogP contribution in [-0.4, -0.2) is 37.3 Å². The van der Waals surface area contributed by atoms with Crippen LogP contribution >= 0.6 is 0 Å². The van der Waals surface area contributed by atoms with Gasteiger partial charge in [-0.15, -0.1) is 5.10 Å². The molecule has 1 unspecified atom stereocenters. The van der Waals surface area contributed by atoms with E-state index in [9.17, 15) is 4.79 Å². The number of carbonyl (C=O) groups excluding carboxylic acids is 1. The number of carbonyl (C=O) groups is 1. The molecule has 1 amide bonds. The molecule has 1 aliphatic rings. The molecule has 250 valence electrons. The van der Waals surface area contributed by atoms with Gasteiger partial charge in [0.25, 0.3) is 5.91 Å². The third-order valence-corrected chi connectivity index (χ3v) is 9.22. The number of aryl methyl sites for hydroxylation is 2. The Balaban J connectivity index is 1.37. The maximum Gasteiger partial charge on any atom is 0.254 e. The minimum atomic E-state index is -0.304. The van der Waals surface area contributed by atoms with Crippen molar-refractivity contribution in [1.29, 1.82) is 0 Å². The molecule has 1 atom stereocenters. The van der Waals surface area contributed by atoms with E-state index >= 15 is 0 Å². The molecule has 8 nitrogen and oxygen atoms in total. The van der Waals surface area contributed by atoms with E-state index in [2.05, 4.69) is 89.7 Å². The van der Waals surface area contributed by atoms with Gasteiger partial charge in [-0.3, -0.25) is 9.48 Å². The highest BCUT2D eigenvalue weighted by atomic mass is 16.4. The molecule has 6 rings (SSSR count). The van der Waals surface area contributed by atoms with Gasteiger partial charge in [-0.25, -0.2) is 4.98 Å². The molecule has 8 heteroatoms. The summed E-state index contributed by atoms with van der Waals surface area (Å²) in [5.74, 6) is 1.31. The summed E-state index contributed by atoms with van der Waals surface area (Å²) in [4.78, 5) is 23.7. The number of unbranched alkanes of at least 4 members (excludes halogenated alkanes) is 3. The molecular formula is C40H48N6O2. The van der Waals surface area contributed by atoms with Crippen molar-refractivity contribution in [2.24, 2.45) is 0 Å². The topological polar surface area (TPSA) is 80.3 Å². The number of benzene rings is 3. The molecule has 0 N–H and O–H groups in total. The molecule has 2 aromatic heterocycles. The number of rotatable bonds is 11. The molecule has 0 aliphatic carbocycles. The van der Waals surface area contributed by atoms with Crippen LogP contribution in [0, 0.1) is 0 Å². The third kappa shape index (κ3) is 8.40. The van der Waals surface area contributed by atoms with Crippen LogP contribution < -0.4 is 4.90 Å². The summed E-state index contributed by atoms with van der Waals surface area (Å²) in [5, 5.41) is 8.98. The number of hydrogen-bond acceptors (Lipinski definition) is 6. The van der Waals surface area contributed by atoms with Gasteiger partial charge in [-0.2, -0.15) is 0 Å². The van der Waals surface area contributed by atoms with Crippen LogP contribution in [0.5, 0.6) is 0 Å². The molecule has 0 saturated heterocycles. The lowest BCUT2D eigenvalue weighted by Gasteiger charge is -2.30. The van der Waals surface area contributed by atoms with E-state index in [4.69, 9.17) is 9.40 Å². The van der Waals surface area contributed by atoms with Crippen molar-refractivity contribution < 1.29 is 9.21 Å². The largest absolute Gasteiger partial charge is 0.423 e. The summed E-state index contributed by atoms with van der Waals surface area (Å²) in [6, 6.07) is 28.7. The Morgan fingerprint density at radius 1 is 0.833 bits per heavy atom. The second-order valence-corrected chi connectivity index (χ2v) is 12.9. The Morgan fingerprint density at radius 2 is 1.56 bits per heavy atom. The van der Waals surface area contributed by atoms with Crippen LogP contribution in [-0.2, 0) is 32.5 Å². The number of amides is 1. The van der Waals surface area contributed by atoms with Crippen LogP contribution in [0.1, 0.15) is 109 Å². The fourth-order valence-corrected chi connectivity index (χ4v) is 6.59. The van der Waals surface area contributed by atoms with Gasteiger partial charge in [0.1, 0.15) is 17.4 Å². The van der Waals surface area contributed by atoms with Crippen LogP contribution in [0.3, 0.4) is 0 Å². The lowest BCUT2D eigenvalue weighted by molar-refractivity contribution is 0.0635. The summed E-state index contributed by atoms with van der Waals surface area (Å²) >= 11 is 0. The van der Waals surface area contributed by atoms with Crippen LogP contribution in [0.15, 0.2) is 95.5 Å². The molecule has 0 saturated carbocycles. The van der Waals surface area contributed by atoms with E-state index in [1.165, 1.54) is 31.2 Å². The maximum atomic E-state index is 14.3. The SMILES string of the molecule is CCCCCCc1ccc(C(=O)N2CCCCn3cc(nn3)CN(Cc3ccccc3)c3oc(nc3Cc3ccccc3)C2CC)cc1. The number of fused-ring (bicyclic) bond motifs is 4. The van der Waals surface area contributed by atoms with Gasteiger partial charge >= 0.3 is 0 Å². The van der Waals surface area contributed by atoms with E-state index in [1.807, 2.05) is 40.0 Å². The average molecular weight is 645 g/mol. The van der Waals surface area contributed by atoms with Gasteiger partial charge in [-0.1, -0.05) is 111 Å². The number of oxazole rings is 1. The Morgan fingerprint density at radius 3 is 2.29 bits per heavy atom. The number of hydrogen-bond donors (Lipinski definition) is 0. The fraction of sp³-hybridized carbons (Fsp3) is 0.400. The summed E-state index contributed by atoms with van der Waals surface area (Å²) in [7, 11) is 0. The summed E-state index contributed by atoms with van der Waals surface area (Å²) in [5.41, 5.74) is 6.03. The first-order valence-electron chi connectivity index (χ1n) is 17.7. The van der Waals surface area contributed by atoms with E-state index < -0.39 is 0 Å². The predicted octanol–water partition coefficient (Wildman–Crippen LogP) is 8.57. The van der Waals surface area contributed by atoms with Crippen molar-refractivity contribution >= 4 is 11.8 Å². The Labute approximate surface area is 284 Å². The monoisotopic (exact) mass is 644 g/mol. The standard InChI is InChI=1S/C40H48N6O2/c1-3-5-6-9-16-31-21-23-34(24-22-31)39(47)46-26-15-14-25-45-30-35(42-43-45)29-44(28-33-19-12-8-13-20-33)40-36(27-32-17-10-7-11-18-32)41-38(48-40)37(46)4-2/h7-8,10-13,17-24,30,37H,3-6,9,14-16,25-29H2,1-2H3. The Bertz CT molecular complexity index is 1710. The zero-order chi connectivity index (χ0) is 33.1. The van der Waals surface area contributed by atoms with Crippen molar-refractivity contribution in [3.05, 3.63) is 131 Å². The van der Waals surface area contributed by atoms with Crippen molar-refractivity contribution in [3.8, 4) is 0 Å². The number of anilines is 1. The zero-order valence-electron chi connectivity index (χ0n) is 28.4. The summed E-state index contributed by atoms with van der Waals surface area (Å²) in [6.45, 7) is 6.83. The molecule has 4 bridgehead atoms. The lowest BCUT2D eigenvalue weighted by atomic mass is 10.0. The summed E-state index contributed by atoms with van der Waals surface area (Å²) < 4.78 is 8.75. The highest BCUT2D eigenvalue weighted by molar-refractivity contribution is 5.94. The molecule has 3 aromatic carbocycles. The minimum Gasteiger partial charge on any atom is -0.423 e. The molecule has 1 aliphatic heterocycles. The molecule has 3 heterocycles. The first-order valence-corrected chi connectivity index (χ1v) is 17.7. The average Bonchev–Trinajstić information content (AvgIpc) is 3.75. The van der Waals surface area contributed by atoms with Crippen LogP contribution in [0.2, 0.25) is 0 Å². The zero-order valence-corrected chi connectivity index (χ0v) is 28.4. The predicted molar refractivity (Wildman–Crippen MR) is 190 cm³/mol. The molecule has 48 heavy (non-hydrogen) atoms. The fourth-order valence-electron chi connectivity index (χ4n) is 6.59. The van der Waals surface area contributed by atoms with Crippen LogP contribution in [0.25, 0.3) is 0 Å². The molecule has 5 aromatic rings. The molecular weight excluding hydrogens is 596 g/mol.